The van der Waals surface area contributed by atoms with Crippen LogP contribution in [0.4, 0.5) is 15.3 Å². The molecule has 0 aromatic heterocycles. The minimum absolute atomic E-state index is 0.0466. The fraction of sp³-hybridized carbons (Fsp3) is 0.500. The summed E-state index contributed by atoms with van der Waals surface area (Å²) in [5, 5.41) is 5.89. The first-order valence-corrected chi connectivity index (χ1v) is 7.72. The van der Waals surface area contributed by atoms with Gasteiger partial charge in [0.2, 0.25) is 0 Å². The molecule has 1 aromatic rings. The van der Waals surface area contributed by atoms with Gasteiger partial charge in [0.05, 0.1) is 0 Å². The first-order chi connectivity index (χ1) is 10.6. The molecule has 2 rings (SSSR count). The number of piperidine rings is 1. The standard InChI is InChI=1S/C16H24N4O2/c1-3-19(2)15(21)17-14-9-11-20(12-10-14)16(22)18-13-7-5-4-6-8-13/h4-8,14H,3,9-12H2,1-2H3,(H,17,21)(H,18,22). The quantitative estimate of drug-likeness (QED) is 0.900. The van der Waals surface area contributed by atoms with Crippen molar-refractivity contribution in [2.75, 3.05) is 32.0 Å². The average Bonchev–Trinajstić information content (AvgIpc) is 2.55. The maximum atomic E-state index is 12.2. The molecule has 120 valence electrons. The van der Waals surface area contributed by atoms with E-state index in [0.717, 1.165) is 18.5 Å². The number of urea groups is 2. The topological polar surface area (TPSA) is 64.7 Å². The van der Waals surface area contributed by atoms with Crippen LogP contribution in [0.5, 0.6) is 0 Å². The zero-order chi connectivity index (χ0) is 15.9. The number of amides is 4. The van der Waals surface area contributed by atoms with Crippen LogP contribution in [0.25, 0.3) is 0 Å². The molecule has 2 N–H and O–H groups in total. The average molecular weight is 304 g/mol. The molecule has 1 aliphatic rings. The molecule has 4 amide bonds. The number of carbonyl (C=O) groups is 2. The van der Waals surface area contributed by atoms with Gasteiger partial charge in [-0.05, 0) is 31.9 Å². The summed E-state index contributed by atoms with van der Waals surface area (Å²) in [4.78, 5) is 27.4. The maximum absolute atomic E-state index is 12.2. The lowest BCUT2D eigenvalue weighted by atomic mass is 10.1. The van der Waals surface area contributed by atoms with Crippen molar-refractivity contribution in [1.29, 1.82) is 0 Å². The highest BCUT2D eigenvalue weighted by atomic mass is 16.2. The molecule has 1 aliphatic heterocycles. The smallest absolute Gasteiger partial charge is 0.321 e. The molecule has 1 aromatic carbocycles. The van der Waals surface area contributed by atoms with Crippen molar-refractivity contribution in [1.82, 2.24) is 15.1 Å². The lowest BCUT2D eigenvalue weighted by Crippen LogP contribution is -2.50. The van der Waals surface area contributed by atoms with Crippen LogP contribution in [0.15, 0.2) is 30.3 Å². The van der Waals surface area contributed by atoms with E-state index in [-0.39, 0.29) is 18.1 Å². The lowest BCUT2D eigenvalue weighted by molar-refractivity contribution is 0.180. The summed E-state index contributed by atoms with van der Waals surface area (Å²) in [6, 6.07) is 9.44. The van der Waals surface area contributed by atoms with E-state index in [2.05, 4.69) is 10.6 Å². The molecule has 0 atom stereocenters. The number of nitrogens with one attached hydrogen (secondary N) is 2. The van der Waals surface area contributed by atoms with Crippen molar-refractivity contribution >= 4 is 17.7 Å². The van der Waals surface area contributed by atoms with Crippen LogP contribution in [0.3, 0.4) is 0 Å². The van der Waals surface area contributed by atoms with Crippen molar-refractivity contribution in [3.05, 3.63) is 30.3 Å². The summed E-state index contributed by atoms with van der Waals surface area (Å²) >= 11 is 0. The summed E-state index contributed by atoms with van der Waals surface area (Å²) in [6.45, 7) is 3.93. The Labute approximate surface area is 131 Å². The Morgan fingerprint density at radius 3 is 2.45 bits per heavy atom. The maximum Gasteiger partial charge on any atom is 0.321 e. The highest BCUT2D eigenvalue weighted by molar-refractivity contribution is 5.89. The summed E-state index contributed by atoms with van der Waals surface area (Å²) < 4.78 is 0. The number of para-hydroxylation sites is 1. The predicted octanol–water partition coefficient (Wildman–Crippen LogP) is 2.34. The largest absolute Gasteiger partial charge is 0.335 e. The van der Waals surface area contributed by atoms with Gasteiger partial charge in [0, 0.05) is 38.4 Å². The molecule has 6 nitrogen and oxygen atoms in total. The van der Waals surface area contributed by atoms with Crippen LogP contribution in [0.2, 0.25) is 0 Å². The lowest BCUT2D eigenvalue weighted by Gasteiger charge is -2.33. The zero-order valence-electron chi connectivity index (χ0n) is 13.2. The summed E-state index contributed by atoms with van der Waals surface area (Å²) in [5.74, 6) is 0. The summed E-state index contributed by atoms with van der Waals surface area (Å²) in [5.41, 5.74) is 0.799. The van der Waals surface area contributed by atoms with Gasteiger partial charge in [-0.1, -0.05) is 18.2 Å². The third-order valence-electron chi connectivity index (χ3n) is 3.96. The number of rotatable bonds is 3. The normalized spacial score (nSPS) is 15.3. The van der Waals surface area contributed by atoms with E-state index >= 15 is 0 Å². The molecule has 0 radical (unpaired) electrons. The van der Waals surface area contributed by atoms with Gasteiger partial charge in [0.15, 0.2) is 0 Å². The molecule has 6 heteroatoms. The highest BCUT2D eigenvalue weighted by Crippen LogP contribution is 2.13. The van der Waals surface area contributed by atoms with Gasteiger partial charge < -0.3 is 20.4 Å². The third-order valence-corrected chi connectivity index (χ3v) is 3.96. The number of carbonyl (C=O) groups excluding carboxylic acids is 2. The number of benzene rings is 1. The fourth-order valence-electron chi connectivity index (χ4n) is 2.38. The van der Waals surface area contributed by atoms with E-state index in [1.165, 1.54) is 0 Å². The third kappa shape index (κ3) is 4.38. The molecule has 22 heavy (non-hydrogen) atoms. The van der Waals surface area contributed by atoms with Gasteiger partial charge in [-0.2, -0.15) is 0 Å². The van der Waals surface area contributed by atoms with Crippen LogP contribution in [-0.2, 0) is 0 Å². The molecule has 0 spiro atoms. The molecule has 0 aliphatic carbocycles. The molecule has 1 saturated heterocycles. The van der Waals surface area contributed by atoms with E-state index in [1.54, 1.807) is 16.8 Å². The van der Waals surface area contributed by atoms with Crippen LogP contribution >= 0.6 is 0 Å². The number of hydrogen-bond acceptors (Lipinski definition) is 2. The highest BCUT2D eigenvalue weighted by Gasteiger charge is 2.24. The van der Waals surface area contributed by atoms with E-state index in [1.807, 2.05) is 37.3 Å². The van der Waals surface area contributed by atoms with Crippen molar-refractivity contribution < 1.29 is 9.59 Å². The monoisotopic (exact) mass is 304 g/mol. The van der Waals surface area contributed by atoms with Gasteiger partial charge in [0.25, 0.3) is 0 Å². The SMILES string of the molecule is CCN(C)C(=O)NC1CCN(C(=O)Nc2ccccc2)CC1. The Hall–Kier alpha value is -2.24. The first kappa shape index (κ1) is 16.1. The van der Waals surface area contributed by atoms with Crippen LogP contribution < -0.4 is 10.6 Å². The number of nitrogens with zero attached hydrogens (tertiary/aromatic N) is 2. The fourth-order valence-corrected chi connectivity index (χ4v) is 2.38. The molecule has 1 fully saturated rings. The van der Waals surface area contributed by atoms with E-state index in [0.29, 0.717) is 19.6 Å². The van der Waals surface area contributed by atoms with Crippen LogP contribution in [0.1, 0.15) is 19.8 Å². The van der Waals surface area contributed by atoms with E-state index in [4.69, 9.17) is 0 Å². The second-order valence-electron chi connectivity index (χ2n) is 5.52. The Morgan fingerprint density at radius 1 is 1.23 bits per heavy atom. The predicted molar refractivity (Wildman–Crippen MR) is 86.9 cm³/mol. The molecular weight excluding hydrogens is 280 g/mol. The molecule has 0 bridgehead atoms. The van der Waals surface area contributed by atoms with Crippen LogP contribution in [-0.4, -0.2) is 54.6 Å². The molecular formula is C16H24N4O2. The van der Waals surface area contributed by atoms with Crippen molar-refractivity contribution in [2.24, 2.45) is 0 Å². The second kappa shape index (κ2) is 7.68. The Kier molecular flexibility index (Phi) is 5.63. The van der Waals surface area contributed by atoms with Crippen molar-refractivity contribution in [2.45, 2.75) is 25.8 Å². The Balaban J connectivity index is 1.77. The van der Waals surface area contributed by atoms with E-state index in [9.17, 15) is 9.59 Å². The minimum atomic E-state index is -0.0818. The summed E-state index contributed by atoms with van der Waals surface area (Å²) in [6.07, 6.45) is 1.57. The molecule has 0 saturated carbocycles. The number of hydrogen-bond donors (Lipinski definition) is 2. The van der Waals surface area contributed by atoms with Gasteiger partial charge in [-0.3, -0.25) is 0 Å². The first-order valence-electron chi connectivity index (χ1n) is 7.72. The van der Waals surface area contributed by atoms with E-state index < -0.39 is 0 Å². The zero-order valence-corrected chi connectivity index (χ0v) is 13.2. The van der Waals surface area contributed by atoms with Gasteiger partial charge in [0.1, 0.15) is 0 Å². The van der Waals surface area contributed by atoms with Crippen molar-refractivity contribution in [3.63, 3.8) is 0 Å². The van der Waals surface area contributed by atoms with Crippen LogP contribution in [0, 0.1) is 0 Å². The Bertz CT molecular complexity index is 498. The second-order valence-corrected chi connectivity index (χ2v) is 5.52. The number of anilines is 1. The molecule has 0 unspecified atom stereocenters. The number of likely N-dealkylation sites (tertiary alicyclic amines) is 1. The van der Waals surface area contributed by atoms with Gasteiger partial charge in [-0.25, -0.2) is 9.59 Å². The Morgan fingerprint density at radius 2 is 1.86 bits per heavy atom. The van der Waals surface area contributed by atoms with Gasteiger partial charge in [-0.15, -0.1) is 0 Å². The van der Waals surface area contributed by atoms with Crippen molar-refractivity contribution in [3.8, 4) is 0 Å². The molecule has 1 heterocycles. The van der Waals surface area contributed by atoms with Gasteiger partial charge >= 0.3 is 12.1 Å². The summed E-state index contributed by atoms with van der Waals surface area (Å²) in [7, 11) is 1.78. The minimum Gasteiger partial charge on any atom is -0.335 e.